The van der Waals surface area contributed by atoms with Crippen LogP contribution in [0.4, 0.5) is 5.69 Å². The van der Waals surface area contributed by atoms with Crippen molar-refractivity contribution in [2.24, 2.45) is 5.41 Å². The summed E-state index contributed by atoms with van der Waals surface area (Å²) in [5.41, 5.74) is 1.94. The van der Waals surface area contributed by atoms with Crippen LogP contribution in [0.25, 0.3) is 0 Å². The van der Waals surface area contributed by atoms with Crippen LogP contribution < -0.4 is 5.32 Å². The molecule has 0 aliphatic carbocycles. The number of aryl methyl sites for hydroxylation is 2. The van der Waals surface area contributed by atoms with E-state index >= 15 is 0 Å². The van der Waals surface area contributed by atoms with E-state index in [1.54, 1.807) is 13.8 Å². The fourth-order valence-corrected chi connectivity index (χ4v) is 1.52. The first-order valence-corrected chi connectivity index (χ1v) is 5.73. The summed E-state index contributed by atoms with van der Waals surface area (Å²) in [6, 6.07) is 7.92. The lowest BCUT2D eigenvalue weighted by Crippen LogP contribution is -2.29. The van der Waals surface area contributed by atoms with Gasteiger partial charge in [-0.25, -0.2) is 0 Å². The molecular weight excluding hydrogens is 212 g/mol. The van der Waals surface area contributed by atoms with E-state index in [2.05, 4.69) is 5.32 Å². The number of nitrogens with zero attached hydrogens (tertiary/aromatic N) is 1. The summed E-state index contributed by atoms with van der Waals surface area (Å²) in [7, 11) is 0. The molecule has 3 nitrogen and oxygen atoms in total. The van der Waals surface area contributed by atoms with Gasteiger partial charge >= 0.3 is 0 Å². The molecule has 1 N–H and O–H groups in total. The maximum atomic E-state index is 12.0. The lowest BCUT2D eigenvalue weighted by Gasteiger charge is -2.18. The second kappa shape index (κ2) is 5.01. The molecule has 1 amide bonds. The quantitative estimate of drug-likeness (QED) is 0.867. The molecule has 0 bridgehead atoms. The summed E-state index contributed by atoms with van der Waals surface area (Å²) in [6.07, 6.45) is 0.851. The first-order valence-electron chi connectivity index (χ1n) is 5.73. The second-order valence-electron chi connectivity index (χ2n) is 4.65. The smallest absolute Gasteiger partial charge is 0.244 e. The molecule has 0 saturated heterocycles. The van der Waals surface area contributed by atoms with Gasteiger partial charge in [-0.05, 0) is 38.3 Å². The van der Waals surface area contributed by atoms with Gasteiger partial charge in [0, 0.05) is 5.69 Å². The van der Waals surface area contributed by atoms with Crippen LogP contribution in [-0.4, -0.2) is 5.91 Å². The Morgan fingerprint density at radius 1 is 1.47 bits per heavy atom. The third-order valence-corrected chi connectivity index (χ3v) is 2.83. The van der Waals surface area contributed by atoms with Crippen molar-refractivity contribution >= 4 is 11.6 Å². The average molecular weight is 230 g/mol. The van der Waals surface area contributed by atoms with Gasteiger partial charge < -0.3 is 5.32 Å². The predicted molar refractivity (Wildman–Crippen MR) is 68.6 cm³/mol. The van der Waals surface area contributed by atoms with E-state index in [4.69, 9.17) is 5.26 Å². The van der Waals surface area contributed by atoms with Crippen molar-refractivity contribution in [2.75, 3.05) is 5.32 Å². The number of para-hydroxylation sites is 1. The van der Waals surface area contributed by atoms with Crippen molar-refractivity contribution in [1.82, 2.24) is 0 Å². The molecule has 0 unspecified atom stereocenters. The highest BCUT2D eigenvalue weighted by molar-refractivity contribution is 5.97. The summed E-state index contributed by atoms with van der Waals surface area (Å²) in [5.74, 6) is -0.260. The van der Waals surface area contributed by atoms with E-state index in [1.165, 1.54) is 0 Å². The normalized spacial score (nSPS) is 10.8. The zero-order valence-corrected chi connectivity index (χ0v) is 10.8. The number of anilines is 1. The van der Waals surface area contributed by atoms with E-state index in [0.717, 1.165) is 23.2 Å². The van der Waals surface area contributed by atoms with Crippen molar-refractivity contribution in [3.05, 3.63) is 29.3 Å². The number of amides is 1. The van der Waals surface area contributed by atoms with Crippen LogP contribution in [0.1, 0.15) is 31.9 Å². The highest BCUT2D eigenvalue weighted by Crippen LogP contribution is 2.24. The number of benzene rings is 1. The molecule has 0 heterocycles. The Morgan fingerprint density at radius 2 is 2.12 bits per heavy atom. The Hall–Kier alpha value is -1.82. The second-order valence-corrected chi connectivity index (χ2v) is 4.65. The topological polar surface area (TPSA) is 52.9 Å². The number of hydrogen-bond acceptors (Lipinski definition) is 2. The standard InChI is InChI=1S/C14H18N2O/c1-5-11-8-6-7-10(2)12(11)16-13(17)14(3,4)9-15/h6-8H,5H2,1-4H3,(H,16,17). The van der Waals surface area contributed by atoms with E-state index in [0.29, 0.717) is 0 Å². The van der Waals surface area contributed by atoms with E-state index < -0.39 is 5.41 Å². The molecule has 0 spiro atoms. The van der Waals surface area contributed by atoms with Crippen LogP contribution in [0, 0.1) is 23.7 Å². The van der Waals surface area contributed by atoms with E-state index in [-0.39, 0.29) is 5.91 Å². The van der Waals surface area contributed by atoms with Crippen molar-refractivity contribution < 1.29 is 4.79 Å². The maximum absolute atomic E-state index is 12.0. The molecule has 1 aromatic rings. The first kappa shape index (κ1) is 13.2. The first-order chi connectivity index (χ1) is 7.92. The molecule has 0 aromatic heterocycles. The molecule has 0 atom stereocenters. The lowest BCUT2D eigenvalue weighted by molar-refractivity contribution is -0.121. The SMILES string of the molecule is CCc1cccc(C)c1NC(=O)C(C)(C)C#N. The fraction of sp³-hybridized carbons (Fsp3) is 0.429. The number of nitrogens with one attached hydrogen (secondary N) is 1. The molecule has 1 rings (SSSR count). The molecule has 0 aliphatic heterocycles. The van der Waals surface area contributed by atoms with Crippen LogP contribution >= 0.6 is 0 Å². The minimum absolute atomic E-state index is 0.260. The summed E-state index contributed by atoms with van der Waals surface area (Å²) >= 11 is 0. The van der Waals surface area contributed by atoms with Crippen molar-refractivity contribution in [3.8, 4) is 6.07 Å². The van der Waals surface area contributed by atoms with Gasteiger partial charge in [0.15, 0.2) is 0 Å². The van der Waals surface area contributed by atoms with Gasteiger partial charge in [0.05, 0.1) is 6.07 Å². The summed E-state index contributed by atoms with van der Waals surface area (Å²) in [5, 5.41) is 11.8. The fourth-order valence-electron chi connectivity index (χ4n) is 1.52. The summed E-state index contributed by atoms with van der Waals surface area (Å²) in [4.78, 5) is 12.0. The molecule has 0 radical (unpaired) electrons. The zero-order chi connectivity index (χ0) is 13.1. The minimum atomic E-state index is -1.01. The molecule has 0 aliphatic rings. The molecular formula is C14H18N2O. The largest absolute Gasteiger partial charge is 0.324 e. The van der Waals surface area contributed by atoms with Crippen LogP contribution in [-0.2, 0) is 11.2 Å². The Labute approximate surface area is 102 Å². The molecule has 3 heteroatoms. The van der Waals surface area contributed by atoms with E-state index in [9.17, 15) is 4.79 Å². The van der Waals surface area contributed by atoms with Gasteiger partial charge in [-0.2, -0.15) is 5.26 Å². The highest BCUT2D eigenvalue weighted by atomic mass is 16.2. The minimum Gasteiger partial charge on any atom is -0.324 e. The number of carbonyl (C=O) groups excluding carboxylic acids is 1. The monoisotopic (exact) mass is 230 g/mol. The highest BCUT2D eigenvalue weighted by Gasteiger charge is 2.27. The number of hydrogen-bond donors (Lipinski definition) is 1. The molecule has 90 valence electrons. The van der Waals surface area contributed by atoms with Crippen LogP contribution in [0.5, 0.6) is 0 Å². The lowest BCUT2D eigenvalue weighted by atomic mass is 9.94. The van der Waals surface area contributed by atoms with Crippen molar-refractivity contribution in [3.63, 3.8) is 0 Å². The molecule has 17 heavy (non-hydrogen) atoms. The maximum Gasteiger partial charge on any atom is 0.244 e. The van der Waals surface area contributed by atoms with Crippen molar-refractivity contribution in [1.29, 1.82) is 5.26 Å². The third-order valence-electron chi connectivity index (χ3n) is 2.83. The van der Waals surface area contributed by atoms with Crippen LogP contribution in [0.3, 0.4) is 0 Å². The van der Waals surface area contributed by atoms with E-state index in [1.807, 2.05) is 38.1 Å². The summed E-state index contributed by atoms with van der Waals surface area (Å²) < 4.78 is 0. The van der Waals surface area contributed by atoms with Gasteiger partial charge in [0.25, 0.3) is 0 Å². The number of nitriles is 1. The summed E-state index contributed by atoms with van der Waals surface area (Å²) in [6.45, 7) is 7.23. The average Bonchev–Trinajstić information content (AvgIpc) is 2.31. The van der Waals surface area contributed by atoms with Crippen molar-refractivity contribution in [2.45, 2.75) is 34.1 Å². The predicted octanol–water partition coefficient (Wildman–Crippen LogP) is 3.05. The molecule has 0 saturated carbocycles. The van der Waals surface area contributed by atoms with Crippen LogP contribution in [0.2, 0.25) is 0 Å². The Balaban J connectivity index is 3.05. The Bertz CT molecular complexity index is 470. The Morgan fingerprint density at radius 3 is 2.65 bits per heavy atom. The van der Waals surface area contributed by atoms with Gasteiger partial charge in [0.2, 0.25) is 5.91 Å². The zero-order valence-electron chi connectivity index (χ0n) is 10.8. The molecule has 1 aromatic carbocycles. The van der Waals surface area contributed by atoms with Gasteiger partial charge in [-0.15, -0.1) is 0 Å². The van der Waals surface area contributed by atoms with Gasteiger partial charge in [0.1, 0.15) is 5.41 Å². The van der Waals surface area contributed by atoms with Gasteiger partial charge in [-0.3, -0.25) is 4.79 Å². The van der Waals surface area contributed by atoms with Crippen LogP contribution in [0.15, 0.2) is 18.2 Å². The van der Waals surface area contributed by atoms with Gasteiger partial charge in [-0.1, -0.05) is 25.1 Å². The number of rotatable bonds is 3. The molecule has 0 fully saturated rings. The number of carbonyl (C=O) groups is 1. The Kier molecular flexibility index (Phi) is 3.90. The third kappa shape index (κ3) is 2.85.